The van der Waals surface area contributed by atoms with Crippen molar-refractivity contribution in [1.29, 1.82) is 5.26 Å². The van der Waals surface area contributed by atoms with Crippen molar-refractivity contribution in [3.63, 3.8) is 0 Å². The number of hydrogen-bond acceptors (Lipinski definition) is 3. The Bertz CT molecular complexity index is 841. The molecule has 0 bridgehead atoms. The third-order valence-electron chi connectivity index (χ3n) is 4.00. The first-order valence-electron chi connectivity index (χ1n) is 7.62. The Kier molecular flexibility index (Phi) is 3.75. The molecule has 114 valence electrons. The Morgan fingerprint density at radius 3 is 2.65 bits per heavy atom. The van der Waals surface area contributed by atoms with Crippen molar-refractivity contribution in [2.24, 2.45) is 0 Å². The van der Waals surface area contributed by atoms with E-state index >= 15 is 0 Å². The fourth-order valence-corrected chi connectivity index (χ4v) is 3.01. The SMILES string of the molecule is CC1(C)Cc2ccccc2C(=CC(=O)c2ccccc2C#N)N1. The quantitative estimate of drug-likeness (QED) is 0.679. The Morgan fingerprint density at radius 2 is 1.87 bits per heavy atom. The van der Waals surface area contributed by atoms with Gasteiger partial charge in [0.05, 0.1) is 11.6 Å². The Labute approximate surface area is 136 Å². The van der Waals surface area contributed by atoms with Crippen LogP contribution < -0.4 is 5.32 Å². The van der Waals surface area contributed by atoms with Gasteiger partial charge >= 0.3 is 0 Å². The lowest BCUT2D eigenvalue weighted by Crippen LogP contribution is -2.43. The van der Waals surface area contributed by atoms with Crippen molar-refractivity contribution >= 4 is 11.5 Å². The minimum atomic E-state index is -0.155. The van der Waals surface area contributed by atoms with E-state index in [0.717, 1.165) is 17.7 Å². The van der Waals surface area contributed by atoms with E-state index < -0.39 is 0 Å². The van der Waals surface area contributed by atoms with E-state index in [1.54, 1.807) is 30.3 Å². The summed E-state index contributed by atoms with van der Waals surface area (Å²) in [5, 5.41) is 12.6. The third-order valence-corrected chi connectivity index (χ3v) is 4.00. The summed E-state index contributed by atoms with van der Waals surface area (Å²) >= 11 is 0. The van der Waals surface area contributed by atoms with Crippen molar-refractivity contribution in [2.75, 3.05) is 0 Å². The van der Waals surface area contributed by atoms with Crippen LogP contribution in [0.4, 0.5) is 0 Å². The molecule has 0 fully saturated rings. The Balaban J connectivity index is 2.05. The molecule has 1 aliphatic rings. The molecular formula is C20H18N2O. The van der Waals surface area contributed by atoms with Gasteiger partial charge in [-0.2, -0.15) is 5.26 Å². The van der Waals surface area contributed by atoms with Crippen molar-refractivity contribution in [2.45, 2.75) is 25.8 Å². The summed E-state index contributed by atoms with van der Waals surface area (Å²) in [5.41, 5.74) is 3.81. The highest BCUT2D eigenvalue weighted by atomic mass is 16.1. The second-order valence-corrected chi connectivity index (χ2v) is 6.42. The molecule has 0 unspecified atom stereocenters. The van der Waals surface area contributed by atoms with Gasteiger partial charge in [0.15, 0.2) is 5.78 Å². The molecule has 2 aromatic rings. The van der Waals surface area contributed by atoms with Crippen LogP contribution in [0.5, 0.6) is 0 Å². The van der Waals surface area contributed by atoms with Crippen LogP contribution in [0.15, 0.2) is 54.6 Å². The standard InChI is InChI=1S/C20H18N2O/c1-20(2)12-14-7-3-5-9-16(14)18(22-20)11-19(23)17-10-6-4-8-15(17)13-21/h3-11,22H,12H2,1-2H3. The van der Waals surface area contributed by atoms with Crippen LogP contribution in [0.3, 0.4) is 0 Å². The average molecular weight is 302 g/mol. The molecule has 23 heavy (non-hydrogen) atoms. The second-order valence-electron chi connectivity index (χ2n) is 6.42. The van der Waals surface area contributed by atoms with Gasteiger partial charge < -0.3 is 5.32 Å². The zero-order valence-electron chi connectivity index (χ0n) is 13.3. The molecule has 1 N–H and O–H groups in total. The largest absolute Gasteiger partial charge is 0.379 e. The van der Waals surface area contributed by atoms with E-state index in [2.05, 4.69) is 31.3 Å². The van der Waals surface area contributed by atoms with E-state index in [1.807, 2.05) is 18.2 Å². The van der Waals surface area contributed by atoms with Gasteiger partial charge in [-0.05, 0) is 38.0 Å². The molecule has 0 amide bonds. The number of fused-ring (bicyclic) bond motifs is 1. The molecular weight excluding hydrogens is 284 g/mol. The lowest BCUT2D eigenvalue weighted by molar-refractivity contribution is 0.104. The highest BCUT2D eigenvalue weighted by molar-refractivity contribution is 6.10. The van der Waals surface area contributed by atoms with E-state index in [-0.39, 0.29) is 11.3 Å². The normalized spacial score (nSPS) is 17.0. The Morgan fingerprint density at radius 1 is 1.17 bits per heavy atom. The Hall–Kier alpha value is -2.86. The fourth-order valence-electron chi connectivity index (χ4n) is 3.01. The van der Waals surface area contributed by atoms with Crippen LogP contribution >= 0.6 is 0 Å². The van der Waals surface area contributed by atoms with Gasteiger partial charge in [-0.15, -0.1) is 0 Å². The van der Waals surface area contributed by atoms with Crippen LogP contribution in [0.2, 0.25) is 0 Å². The number of nitrogens with one attached hydrogen (secondary N) is 1. The molecule has 2 aromatic carbocycles. The number of hydrogen-bond donors (Lipinski definition) is 1. The summed E-state index contributed by atoms with van der Waals surface area (Å²) in [6.45, 7) is 4.23. The van der Waals surface area contributed by atoms with E-state index in [4.69, 9.17) is 0 Å². The monoisotopic (exact) mass is 302 g/mol. The number of nitriles is 1. The fraction of sp³-hybridized carbons (Fsp3) is 0.200. The van der Waals surface area contributed by atoms with Crippen LogP contribution in [0.1, 0.15) is 40.9 Å². The molecule has 0 radical (unpaired) electrons. The maximum absolute atomic E-state index is 12.6. The van der Waals surface area contributed by atoms with E-state index in [1.165, 1.54) is 5.56 Å². The first kappa shape index (κ1) is 15.1. The number of carbonyl (C=O) groups is 1. The average Bonchev–Trinajstić information content (AvgIpc) is 2.53. The number of carbonyl (C=O) groups excluding carboxylic acids is 1. The first-order valence-corrected chi connectivity index (χ1v) is 7.62. The number of rotatable bonds is 2. The molecule has 0 saturated carbocycles. The minimum absolute atomic E-state index is 0.116. The smallest absolute Gasteiger partial charge is 0.189 e. The highest BCUT2D eigenvalue weighted by Gasteiger charge is 2.27. The maximum atomic E-state index is 12.6. The van der Waals surface area contributed by atoms with Gasteiger partial charge in [0, 0.05) is 28.4 Å². The molecule has 0 saturated heterocycles. The van der Waals surface area contributed by atoms with Crippen LogP contribution in [-0.4, -0.2) is 11.3 Å². The summed E-state index contributed by atoms with van der Waals surface area (Å²) < 4.78 is 0. The van der Waals surface area contributed by atoms with Gasteiger partial charge in [0.1, 0.15) is 0 Å². The molecule has 3 nitrogen and oxygen atoms in total. The van der Waals surface area contributed by atoms with Crippen molar-refractivity contribution in [3.05, 3.63) is 76.9 Å². The summed E-state index contributed by atoms with van der Waals surface area (Å²) in [6.07, 6.45) is 2.51. The lowest BCUT2D eigenvalue weighted by atomic mass is 9.85. The minimum Gasteiger partial charge on any atom is -0.379 e. The van der Waals surface area contributed by atoms with Gasteiger partial charge in [0.25, 0.3) is 0 Å². The summed E-state index contributed by atoms with van der Waals surface area (Å²) in [6, 6.07) is 17.1. The number of nitrogens with zero attached hydrogens (tertiary/aromatic N) is 1. The topological polar surface area (TPSA) is 52.9 Å². The van der Waals surface area contributed by atoms with Gasteiger partial charge in [0.2, 0.25) is 0 Å². The van der Waals surface area contributed by atoms with Gasteiger partial charge in [-0.3, -0.25) is 4.79 Å². The zero-order valence-corrected chi connectivity index (χ0v) is 13.3. The molecule has 3 rings (SSSR count). The van der Waals surface area contributed by atoms with Crippen molar-refractivity contribution in [1.82, 2.24) is 5.32 Å². The number of ketones is 1. The predicted molar refractivity (Wildman–Crippen MR) is 90.8 cm³/mol. The molecule has 0 spiro atoms. The highest BCUT2D eigenvalue weighted by Crippen LogP contribution is 2.29. The summed E-state index contributed by atoms with van der Waals surface area (Å²) in [4.78, 5) is 12.6. The molecule has 1 aliphatic heterocycles. The lowest BCUT2D eigenvalue weighted by Gasteiger charge is -2.35. The molecule has 0 aliphatic carbocycles. The molecule has 1 heterocycles. The van der Waals surface area contributed by atoms with Gasteiger partial charge in [-0.25, -0.2) is 0 Å². The molecule has 3 heteroatoms. The molecule has 0 aromatic heterocycles. The molecule has 0 atom stereocenters. The number of benzene rings is 2. The van der Waals surface area contributed by atoms with Gasteiger partial charge in [-0.1, -0.05) is 36.4 Å². The van der Waals surface area contributed by atoms with Crippen LogP contribution in [0, 0.1) is 11.3 Å². The zero-order chi connectivity index (χ0) is 16.4. The number of allylic oxidation sites excluding steroid dienone is 1. The first-order chi connectivity index (χ1) is 11.0. The maximum Gasteiger partial charge on any atom is 0.189 e. The third kappa shape index (κ3) is 3.02. The summed E-state index contributed by atoms with van der Waals surface area (Å²) in [5.74, 6) is -0.155. The summed E-state index contributed by atoms with van der Waals surface area (Å²) in [7, 11) is 0. The second kappa shape index (κ2) is 5.73. The van der Waals surface area contributed by atoms with Crippen molar-refractivity contribution in [3.8, 4) is 6.07 Å². The predicted octanol–water partition coefficient (Wildman–Crippen LogP) is 3.71. The van der Waals surface area contributed by atoms with Crippen molar-refractivity contribution < 1.29 is 4.79 Å². The van der Waals surface area contributed by atoms with Crippen LogP contribution in [-0.2, 0) is 6.42 Å². The van der Waals surface area contributed by atoms with Crippen LogP contribution in [0.25, 0.3) is 5.70 Å². The van der Waals surface area contributed by atoms with E-state index in [9.17, 15) is 10.1 Å². The van der Waals surface area contributed by atoms with E-state index in [0.29, 0.717) is 11.1 Å².